The molecule has 3 rings (SSSR count). The van der Waals surface area contributed by atoms with Crippen molar-refractivity contribution in [3.05, 3.63) is 59.4 Å². The van der Waals surface area contributed by atoms with E-state index in [1.807, 2.05) is 0 Å². The second-order valence-corrected chi connectivity index (χ2v) is 5.79. The highest BCUT2D eigenvalue weighted by Gasteiger charge is 2.23. The van der Waals surface area contributed by atoms with E-state index in [2.05, 4.69) is 0 Å². The van der Waals surface area contributed by atoms with Crippen molar-refractivity contribution in [2.24, 2.45) is 0 Å². The Morgan fingerprint density at radius 2 is 1.92 bits per heavy atom. The number of carbonyl (C=O) groups is 2. The first-order chi connectivity index (χ1) is 11.5. The summed E-state index contributed by atoms with van der Waals surface area (Å²) in [5, 5.41) is 0. The van der Waals surface area contributed by atoms with Crippen molar-refractivity contribution in [1.29, 1.82) is 0 Å². The van der Waals surface area contributed by atoms with Gasteiger partial charge >= 0.3 is 0 Å². The number of rotatable bonds is 4. The van der Waals surface area contributed by atoms with Gasteiger partial charge in [-0.05, 0) is 61.7 Å². The number of hydrogen-bond acceptors (Lipinski definition) is 3. The van der Waals surface area contributed by atoms with Crippen LogP contribution < -0.4 is 9.64 Å². The van der Waals surface area contributed by atoms with E-state index in [1.54, 1.807) is 35.2 Å². The highest BCUT2D eigenvalue weighted by Crippen LogP contribution is 2.28. The molecule has 0 fully saturated rings. The lowest BCUT2D eigenvalue weighted by atomic mass is 10.0. The third kappa shape index (κ3) is 3.45. The lowest BCUT2D eigenvalue weighted by Crippen LogP contribution is -2.38. The second-order valence-electron chi connectivity index (χ2n) is 5.79. The maximum absolute atomic E-state index is 13.5. The van der Waals surface area contributed by atoms with E-state index in [0.29, 0.717) is 23.5 Å². The van der Waals surface area contributed by atoms with Gasteiger partial charge in [0.15, 0.2) is 12.4 Å². The minimum absolute atomic E-state index is 0.0235. The van der Waals surface area contributed by atoms with Crippen LogP contribution in [0.25, 0.3) is 0 Å². The molecule has 0 saturated heterocycles. The number of Topliss-reactive ketones (excluding diaryl/α,β-unsaturated/α-hetero) is 1. The van der Waals surface area contributed by atoms with Crippen LogP contribution in [0.5, 0.6) is 5.75 Å². The highest BCUT2D eigenvalue weighted by atomic mass is 19.1. The minimum Gasteiger partial charge on any atom is -0.484 e. The van der Waals surface area contributed by atoms with Gasteiger partial charge in [0.1, 0.15) is 11.6 Å². The molecule has 24 heavy (non-hydrogen) atoms. The van der Waals surface area contributed by atoms with Gasteiger partial charge in [-0.3, -0.25) is 9.59 Å². The molecule has 1 aliphatic rings. The normalized spacial score (nSPS) is 13.3. The van der Waals surface area contributed by atoms with E-state index in [0.717, 1.165) is 18.4 Å². The Bertz CT molecular complexity index is 771. The van der Waals surface area contributed by atoms with E-state index in [4.69, 9.17) is 4.74 Å². The monoisotopic (exact) mass is 327 g/mol. The van der Waals surface area contributed by atoms with Gasteiger partial charge in [0.25, 0.3) is 5.91 Å². The number of halogens is 1. The van der Waals surface area contributed by atoms with E-state index >= 15 is 0 Å². The largest absolute Gasteiger partial charge is 0.484 e. The van der Waals surface area contributed by atoms with Crippen LogP contribution in [0.3, 0.4) is 0 Å². The van der Waals surface area contributed by atoms with Crippen LogP contribution in [-0.4, -0.2) is 24.8 Å². The SMILES string of the molecule is CC(=O)c1ccc(OCC(=O)N2CCCc3ccc(F)cc32)cc1. The molecule has 0 aromatic heterocycles. The average molecular weight is 327 g/mol. The molecule has 1 amide bonds. The zero-order chi connectivity index (χ0) is 17.1. The first kappa shape index (κ1) is 16.2. The number of ether oxygens (including phenoxy) is 1. The highest BCUT2D eigenvalue weighted by molar-refractivity contribution is 5.96. The first-order valence-electron chi connectivity index (χ1n) is 7.87. The summed E-state index contributed by atoms with van der Waals surface area (Å²) in [6.07, 6.45) is 1.68. The summed E-state index contributed by atoms with van der Waals surface area (Å²) in [4.78, 5) is 25.3. The molecule has 0 bridgehead atoms. The fourth-order valence-electron chi connectivity index (χ4n) is 2.82. The summed E-state index contributed by atoms with van der Waals surface area (Å²) in [7, 11) is 0. The molecule has 0 N–H and O–H groups in total. The number of ketones is 1. The van der Waals surface area contributed by atoms with Crippen LogP contribution in [0.15, 0.2) is 42.5 Å². The molecular formula is C19H18FNO3. The summed E-state index contributed by atoms with van der Waals surface area (Å²) >= 11 is 0. The van der Waals surface area contributed by atoms with Crippen molar-refractivity contribution in [2.45, 2.75) is 19.8 Å². The Labute approximate surface area is 139 Å². The first-order valence-corrected chi connectivity index (χ1v) is 7.87. The van der Waals surface area contributed by atoms with Crippen LogP contribution in [-0.2, 0) is 11.2 Å². The smallest absolute Gasteiger partial charge is 0.264 e. The maximum Gasteiger partial charge on any atom is 0.264 e. The van der Waals surface area contributed by atoms with Crippen molar-refractivity contribution in [1.82, 2.24) is 0 Å². The van der Waals surface area contributed by atoms with Crippen molar-refractivity contribution in [3.8, 4) is 5.75 Å². The van der Waals surface area contributed by atoms with Gasteiger partial charge in [-0.25, -0.2) is 4.39 Å². The van der Waals surface area contributed by atoms with Crippen LogP contribution >= 0.6 is 0 Å². The molecule has 1 aliphatic heterocycles. The van der Waals surface area contributed by atoms with Crippen molar-refractivity contribution in [2.75, 3.05) is 18.1 Å². The second kappa shape index (κ2) is 6.83. The number of aryl methyl sites for hydroxylation is 1. The number of fused-ring (bicyclic) bond motifs is 1. The third-order valence-corrected chi connectivity index (χ3v) is 4.09. The van der Waals surface area contributed by atoms with Crippen LogP contribution in [0.2, 0.25) is 0 Å². The average Bonchev–Trinajstić information content (AvgIpc) is 2.59. The molecule has 124 valence electrons. The van der Waals surface area contributed by atoms with Crippen LogP contribution in [0, 0.1) is 5.82 Å². The number of anilines is 1. The summed E-state index contributed by atoms with van der Waals surface area (Å²) in [6, 6.07) is 11.2. The molecule has 0 spiro atoms. The molecule has 0 atom stereocenters. The Balaban J connectivity index is 1.68. The third-order valence-electron chi connectivity index (χ3n) is 4.09. The summed E-state index contributed by atoms with van der Waals surface area (Å²) < 4.78 is 19.0. The van der Waals surface area contributed by atoms with Gasteiger partial charge < -0.3 is 9.64 Å². The lowest BCUT2D eigenvalue weighted by molar-refractivity contribution is -0.120. The van der Waals surface area contributed by atoms with Crippen molar-refractivity contribution >= 4 is 17.4 Å². The van der Waals surface area contributed by atoms with E-state index in [9.17, 15) is 14.0 Å². The molecule has 5 heteroatoms. The van der Waals surface area contributed by atoms with Crippen LogP contribution in [0.4, 0.5) is 10.1 Å². The summed E-state index contributed by atoms with van der Waals surface area (Å²) in [6.45, 7) is 1.92. The van der Waals surface area contributed by atoms with Gasteiger partial charge in [0.05, 0.1) is 0 Å². The Kier molecular flexibility index (Phi) is 4.60. The zero-order valence-electron chi connectivity index (χ0n) is 13.4. The molecule has 0 saturated carbocycles. The fraction of sp³-hybridized carbons (Fsp3) is 0.263. The molecule has 4 nitrogen and oxygen atoms in total. The number of nitrogens with zero attached hydrogens (tertiary/aromatic N) is 1. The molecule has 1 heterocycles. The number of carbonyl (C=O) groups excluding carboxylic acids is 2. The quantitative estimate of drug-likeness (QED) is 0.809. The van der Waals surface area contributed by atoms with Gasteiger partial charge in [-0.2, -0.15) is 0 Å². The standard InChI is InChI=1S/C19H18FNO3/c1-13(22)14-5-8-17(9-6-14)24-12-19(23)21-10-2-3-15-4-7-16(20)11-18(15)21/h4-9,11H,2-3,10,12H2,1H3. The number of amides is 1. The molecule has 2 aromatic rings. The minimum atomic E-state index is -0.353. The van der Waals surface area contributed by atoms with E-state index < -0.39 is 0 Å². The fourth-order valence-corrected chi connectivity index (χ4v) is 2.82. The number of hydrogen-bond donors (Lipinski definition) is 0. The molecular weight excluding hydrogens is 309 g/mol. The molecule has 2 aromatic carbocycles. The van der Waals surface area contributed by atoms with Gasteiger partial charge in [-0.15, -0.1) is 0 Å². The molecule has 0 aliphatic carbocycles. The van der Waals surface area contributed by atoms with Crippen molar-refractivity contribution in [3.63, 3.8) is 0 Å². The maximum atomic E-state index is 13.5. The van der Waals surface area contributed by atoms with Crippen molar-refractivity contribution < 1.29 is 18.7 Å². The van der Waals surface area contributed by atoms with E-state index in [-0.39, 0.29) is 24.1 Å². The Morgan fingerprint density at radius 1 is 1.17 bits per heavy atom. The van der Waals surface area contributed by atoms with Crippen LogP contribution in [0.1, 0.15) is 29.3 Å². The van der Waals surface area contributed by atoms with E-state index in [1.165, 1.54) is 19.1 Å². The summed E-state index contributed by atoms with van der Waals surface area (Å²) in [5.74, 6) is -0.0687. The zero-order valence-corrected chi connectivity index (χ0v) is 13.4. The predicted octanol–water partition coefficient (Wildman–Crippen LogP) is 3.39. The summed E-state index contributed by atoms with van der Waals surface area (Å²) in [5.41, 5.74) is 2.19. The predicted molar refractivity (Wildman–Crippen MR) is 89.0 cm³/mol. The Hall–Kier alpha value is -2.69. The van der Waals surface area contributed by atoms with Gasteiger partial charge in [0.2, 0.25) is 0 Å². The topological polar surface area (TPSA) is 46.6 Å². The molecule has 0 unspecified atom stereocenters. The number of benzene rings is 2. The van der Waals surface area contributed by atoms with Gasteiger partial charge in [-0.1, -0.05) is 6.07 Å². The van der Waals surface area contributed by atoms with Gasteiger partial charge in [0, 0.05) is 17.8 Å². The lowest BCUT2D eigenvalue weighted by Gasteiger charge is -2.29. The Morgan fingerprint density at radius 3 is 2.62 bits per heavy atom. The molecule has 0 radical (unpaired) electrons.